The van der Waals surface area contributed by atoms with E-state index in [0.717, 1.165) is 0 Å². The van der Waals surface area contributed by atoms with E-state index in [1.165, 1.54) is 39.3 Å². The van der Waals surface area contributed by atoms with Crippen molar-refractivity contribution in [2.75, 3.05) is 45.9 Å². The molecule has 0 unspecified atom stereocenters. The predicted octanol–water partition coefficient (Wildman–Crippen LogP) is 2.93. The quantitative estimate of drug-likeness (QED) is 0.675. The van der Waals surface area contributed by atoms with Gasteiger partial charge in [-0.3, -0.25) is 0 Å². The van der Waals surface area contributed by atoms with E-state index in [-0.39, 0.29) is 0 Å². The van der Waals surface area contributed by atoms with Crippen LogP contribution in [-0.4, -0.2) is 65.5 Å². The lowest BCUT2D eigenvalue weighted by atomic mass is 10.5. The molecule has 0 amide bonds. The summed E-state index contributed by atoms with van der Waals surface area (Å²) in [6.07, 6.45) is 0. The Morgan fingerprint density at radius 3 is 0.900 bits per heavy atom. The molecule has 0 atom stereocenters. The molecule has 0 bridgehead atoms. The summed E-state index contributed by atoms with van der Waals surface area (Å²) in [4.78, 5) is 20.7. The Labute approximate surface area is 127 Å². The SMILES string of the molecule is CCN(CC)CC.CCN(CC)CC.CCOP(O)O. The Kier molecular flexibility index (Phi) is 27.1. The van der Waals surface area contributed by atoms with Gasteiger partial charge in [0.1, 0.15) is 0 Å². The Morgan fingerprint density at radius 2 is 0.900 bits per heavy atom. The molecule has 0 rings (SSSR count). The first-order valence-corrected chi connectivity index (χ1v) is 8.88. The zero-order valence-corrected chi connectivity index (χ0v) is 15.5. The van der Waals surface area contributed by atoms with Crippen LogP contribution < -0.4 is 0 Å². The summed E-state index contributed by atoms with van der Waals surface area (Å²) in [6.45, 7) is 22.3. The predicted molar refractivity (Wildman–Crippen MR) is 89.9 cm³/mol. The van der Waals surface area contributed by atoms with E-state index in [9.17, 15) is 0 Å². The first-order valence-electron chi connectivity index (χ1n) is 7.72. The van der Waals surface area contributed by atoms with Gasteiger partial charge in [0.05, 0.1) is 6.61 Å². The van der Waals surface area contributed by atoms with E-state index < -0.39 is 8.60 Å². The molecule has 0 radical (unpaired) electrons. The first kappa shape index (κ1) is 25.2. The minimum Gasteiger partial charge on any atom is -0.328 e. The molecule has 0 aliphatic carbocycles. The number of nitrogens with zero attached hydrogens (tertiary/aromatic N) is 2. The van der Waals surface area contributed by atoms with Gasteiger partial charge in [-0.25, -0.2) is 0 Å². The molecule has 0 spiro atoms. The maximum Gasteiger partial charge on any atom is 0.327 e. The highest BCUT2D eigenvalue weighted by atomic mass is 31.2. The van der Waals surface area contributed by atoms with Crippen molar-refractivity contribution in [2.45, 2.75) is 48.5 Å². The first-order chi connectivity index (χ1) is 9.46. The molecule has 0 saturated carbocycles. The summed E-state index contributed by atoms with van der Waals surface area (Å²) in [5.74, 6) is 0. The third-order valence-corrected chi connectivity index (χ3v) is 3.42. The van der Waals surface area contributed by atoms with Gasteiger partial charge in [0, 0.05) is 0 Å². The molecule has 126 valence electrons. The normalized spacial score (nSPS) is 10.2. The fourth-order valence-electron chi connectivity index (χ4n) is 1.46. The van der Waals surface area contributed by atoms with Crippen LogP contribution >= 0.6 is 8.60 Å². The lowest BCUT2D eigenvalue weighted by Crippen LogP contribution is -2.21. The summed E-state index contributed by atoms with van der Waals surface area (Å²) in [5, 5.41) is 0. The van der Waals surface area contributed by atoms with Gasteiger partial charge in [0.15, 0.2) is 0 Å². The van der Waals surface area contributed by atoms with Crippen LogP contribution in [0.15, 0.2) is 0 Å². The highest BCUT2D eigenvalue weighted by Gasteiger charge is 1.91. The van der Waals surface area contributed by atoms with Crippen molar-refractivity contribution in [3.05, 3.63) is 0 Å². The molecule has 0 aliphatic rings. The van der Waals surface area contributed by atoms with Gasteiger partial charge in [-0.05, 0) is 46.2 Å². The van der Waals surface area contributed by atoms with Crippen molar-refractivity contribution in [1.82, 2.24) is 9.80 Å². The van der Waals surface area contributed by atoms with Crippen molar-refractivity contribution in [1.29, 1.82) is 0 Å². The van der Waals surface area contributed by atoms with Crippen LogP contribution in [0.5, 0.6) is 0 Å². The number of rotatable bonds is 8. The van der Waals surface area contributed by atoms with Crippen molar-refractivity contribution in [2.24, 2.45) is 0 Å². The molecule has 5 nitrogen and oxygen atoms in total. The van der Waals surface area contributed by atoms with Crippen LogP contribution in [0.4, 0.5) is 0 Å². The minimum atomic E-state index is -2.10. The topological polar surface area (TPSA) is 56.2 Å². The molecule has 0 heterocycles. The van der Waals surface area contributed by atoms with Crippen molar-refractivity contribution < 1.29 is 14.3 Å². The average Bonchev–Trinajstić information content (AvgIpc) is 2.44. The molecule has 2 N–H and O–H groups in total. The van der Waals surface area contributed by atoms with Crippen LogP contribution in [0.3, 0.4) is 0 Å². The van der Waals surface area contributed by atoms with Crippen LogP contribution in [0.1, 0.15) is 48.5 Å². The summed E-state index contributed by atoms with van der Waals surface area (Å²) in [5.41, 5.74) is 0. The van der Waals surface area contributed by atoms with Gasteiger partial charge in [-0.15, -0.1) is 0 Å². The van der Waals surface area contributed by atoms with Crippen molar-refractivity contribution in [3.63, 3.8) is 0 Å². The highest BCUT2D eigenvalue weighted by molar-refractivity contribution is 7.39. The average molecular weight is 312 g/mol. The molecule has 20 heavy (non-hydrogen) atoms. The maximum absolute atomic E-state index is 7.95. The van der Waals surface area contributed by atoms with Crippen LogP contribution in [0, 0.1) is 0 Å². The standard InChI is InChI=1S/2C6H15N.C2H7O3P/c2*1-4-7(5-2)6-3;1-2-5-6(3)4/h2*4-6H2,1-3H3;3-4H,2H2,1H3. The van der Waals surface area contributed by atoms with Gasteiger partial charge in [-0.2, -0.15) is 0 Å². The van der Waals surface area contributed by atoms with E-state index in [4.69, 9.17) is 9.79 Å². The molecular weight excluding hydrogens is 275 g/mol. The molecule has 0 saturated heterocycles. The van der Waals surface area contributed by atoms with Gasteiger partial charge >= 0.3 is 8.60 Å². The summed E-state index contributed by atoms with van der Waals surface area (Å²) in [7, 11) is -2.10. The van der Waals surface area contributed by atoms with Crippen molar-refractivity contribution in [3.8, 4) is 0 Å². The molecule has 0 aromatic heterocycles. The monoisotopic (exact) mass is 312 g/mol. The lowest BCUT2D eigenvalue weighted by molar-refractivity contribution is 0.269. The molecule has 0 fully saturated rings. The Balaban J connectivity index is -0.000000218. The zero-order chi connectivity index (χ0) is 16.4. The molecule has 0 aromatic carbocycles. The smallest absolute Gasteiger partial charge is 0.327 e. The summed E-state index contributed by atoms with van der Waals surface area (Å²) in [6, 6.07) is 0. The summed E-state index contributed by atoms with van der Waals surface area (Å²) >= 11 is 0. The largest absolute Gasteiger partial charge is 0.328 e. The van der Waals surface area contributed by atoms with Gasteiger partial charge in [0.25, 0.3) is 0 Å². The highest BCUT2D eigenvalue weighted by Crippen LogP contribution is 2.22. The van der Waals surface area contributed by atoms with E-state index in [0.29, 0.717) is 6.61 Å². The van der Waals surface area contributed by atoms with Gasteiger partial charge in [0.2, 0.25) is 0 Å². The Morgan fingerprint density at radius 1 is 0.650 bits per heavy atom. The van der Waals surface area contributed by atoms with E-state index in [1.54, 1.807) is 6.92 Å². The fraction of sp³-hybridized carbons (Fsp3) is 1.00. The lowest BCUT2D eigenvalue weighted by Gasteiger charge is -2.13. The Bertz CT molecular complexity index is 132. The maximum atomic E-state index is 7.95. The number of hydrogen-bond acceptors (Lipinski definition) is 5. The third kappa shape index (κ3) is 23.3. The fourth-order valence-corrected chi connectivity index (χ4v) is 1.69. The zero-order valence-electron chi connectivity index (χ0n) is 14.6. The van der Waals surface area contributed by atoms with E-state index >= 15 is 0 Å². The Hall–Kier alpha value is 0.230. The van der Waals surface area contributed by atoms with Crippen LogP contribution in [0.25, 0.3) is 0 Å². The molecule has 6 heteroatoms. The molecular formula is C14H37N2O3P. The summed E-state index contributed by atoms with van der Waals surface area (Å²) < 4.78 is 4.22. The minimum absolute atomic E-state index is 0.360. The molecule has 0 aromatic rings. The second kappa shape index (κ2) is 21.5. The third-order valence-electron chi connectivity index (χ3n) is 2.93. The van der Waals surface area contributed by atoms with Gasteiger partial charge in [-0.1, -0.05) is 41.5 Å². The molecule has 0 aliphatic heterocycles. The number of hydrogen-bond donors (Lipinski definition) is 2. The second-order valence-electron chi connectivity index (χ2n) is 3.91. The van der Waals surface area contributed by atoms with Gasteiger partial charge < -0.3 is 24.1 Å². The van der Waals surface area contributed by atoms with Crippen LogP contribution in [0.2, 0.25) is 0 Å². The van der Waals surface area contributed by atoms with Crippen LogP contribution in [-0.2, 0) is 4.52 Å². The van der Waals surface area contributed by atoms with E-state index in [2.05, 4.69) is 55.9 Å². The van der Waals surface area contributed by atoms with Crippen molar-refractivity contribution >= 4 is 8.60 Å². The van der Waals surface area contributed by atoms with E-state index in [1.807, 2.05) is 0 Å². The second-order valence-corrected chi connectivity index (χ2v) is 4.67.